The second-order valence-corrected chi connectivity index (χ2v) is 5.43. The molecule has 0 unspecified atom stereocenters. The predicted molar refractivity (Wildman–Crippen MR) is 86.4 cm³/mol. The number of nitrogen functional groups attached to an aromatic ring is 1. The molecule has 2 aromatic heterocycles. The fourth-order valence-corrected chi connectivity index (χ4v) is 2.56. The highest BCUT2D eigenvalue weighted by Crippen LogP contribution is 2.28. The summed E-state index contributed by atoms with van der Waals surface area (Å²) in [5.74, 6) is 1.87. The van der Waals surface area contributed by atoms with Crippen LogP contribution >= 0.6 is 0 Å². The fourth-order valence-electron chi connectivity index (χ4n) is 2.56. The first-order chi connectivity index (χ1) is 10.0. The van der Waals surface area contributed by atoms with E-state index in [1.54, 1.807) is 0 Å². The molecule has 0 saturated heterocycles. The first-order valence-electron chi connectivity index (χ1n) is 6.96. The van der Waals surface area contributed by atoms with E-state index in [0.717, 1.165) is 39.5 Å². The van der Waals surface area contributed by atoms with E-state index in [9.17, 15) is 0 Å². The summed E-state index contributed by atoms with van der Waals surface area (Å²) in [5, 5.41) is 1.06. The minimum absolute atomic E-state index is 0.710. The molecule has 0 amide bonds. The van der Waals surface area contributed by atoms with Crippen LogP contribution in [0.25, 0.3) is 10.9 Å². The minimum Gasteiger partial charge on any atom is -0.464 e. The third-order valence-electron chi connectivity index (χ3n) is 3.54. The van der Waals surface area contributed by atoms with Crippen molar-refractivity contribution in [2.24, 2.45) is 0 Å². The Hall–Kier alpha value is -2.49. The van der Waals surface area contributed by atoms with Gasteiger partial charge in [-0.15, -0.1) is 0 Å². The van der Waals surface area contributed by atoms with Crippen LogP contribution in [0.1, 0.15) is 17.2 Å². The highest BCUT2D eigenvalue weighted by Gasteiger charge is 2.11. The molecular weight excluding hydrogens is 262 g/mol. The molecule has 0 fully saturated rings. The first-order valence-corrected chi connectivity index (χ1v) is 6.96. The van der Waals surface area contributed by atoms with Gasteiger partial charge in [-0.1, -0.05) is 0 Å². The smallest absolute Gasteiger partial charge is 0.123 e. The van der Waals surface area contributed by atoms with Gasteiger partial charge >= 0.3 is 0 Å². The zero-order valence-corrected chi connectivity index (χ0v) is 12.6. The molecule has 3 aromatic rings. The van der Waals surface area contributed by atoms with Crippen LogP contribution in [-0.4, -0.2) is 12.0 Å². The Labute approximate surface area is 124 Å². The lowest BCUT2D eigenvalue weighted by Gasteiger charge is -2.20. The molecule has 2 N–H and O–H groups in total. The van der Waals surface area contributed by atoms with Gasteiger partial charge in [-0.3, -0.25) is 4.98 Å². The minimum atomic E-state index is 0.710. The molecule has 0 saturated carbocycles. The van der Waals surface area contributed by atoms with Gasteiger partial charge in [0.1, 0.15) is 11.5 Å². The topological polar surface area (TPSA) is 55.3 Å². The number of hydrogen-bond acceptors (Lipinski definition) is 4. The number of hydrogen-bond donors (Lipinski definition) is 1. The average molecular weight is 281 g/mol. The van der Waals surface area contributed by atoms with Crippen LogP contribution in [0.4, 0.5) is 11.4 Å². The molecule has 0 radical (unpaired) electrons. The molecule has 1 aromatic carbocycles. The molecule has 0 aliphatic carbocycles. The number of anilines is 2. The third-order valence-corrected chi connectivity index (χ3v) is 3.54. The zero-order valence-electron chi connectivity index (χ0n) is 12.6. The molecule has 3 rings (SSSR count). The van der Waals surface area contributed by atoms with Crippen molar-refractivity contribution >= 4 is 22.3 Å². The third kappa shape index (κ3) is 2.70. The van der Waals surface area contributed by atoms with E-state index in [1.165, 1.54) is 0 Å². The van der Waals surface area contributed by atoms with Gasteiger partial charge in [0.15, 0.2) is 0 Å². The number of rotatable bonds is 3. The van der Waals surface area contributed by atoms with E-state index in [4.69, 9.17) is 10.2 Å². The Morgan fingerprint density at radius 2 is 1.95 bits per heavy atom. The number of nitrogens with two attached hydrogens (primary N) is 1. The largest absolute Gasteiger partial charge is 0.464 e. The van der Waals surface area contributed by atoms with Gasteiger partial charge in [0, 0.05) is 29.5 Å². The summed E-state index contributed by atoms with van der Waals surface area (Å²) in [6, 6.07) is 11.9. The summed E-state index contributed by atoms with van der Waals surface area (Å²) in [7, 11) is 2.05. The highest BCUT2D eigenvalue weighted by molar-refractivity contribution is 5.93. The van der Waals surface area contributed by atoms with Crippen molar-refractivity contribution in [2.45, 2.75) is 20.4 Å². The van der Waals surface area contributed by atoms with Gasteiger partial charge < -0.3 is 15.1 Å². The summed E-state index contributed by atoms with van der Waals surface area (Å²) in [5.41, 5.74) is 9.73. The van der Waals surface area contributed by atoms with E-state index in [1.807, 2.05) is 44.2 Å². The quantitative estimate of drug-likeness (QED) is 0.744. The maximum Gasteiger partial charge on any atom is 0.123 e. The number of nitrogens with zero attached hydrogens (tertiary/aromatic N) is 2. The van der Waals surface area contributed by atoms with Crippen LogP contribution in [-0.2, 0) is 6.54 Å². The Bertz CT molecular complexity index is 792. The Balaban J connectivity index is 2.03. The maximum atomic E-state index is 5.92. The van der Waals surface area contributed by atoms with Crippen LogP contribution in [0.2, 0.25) is 0 Å². The number of benzene rings is 1. The van der Waals surface area contributed by atoms with E-state index in [0.29, 0.717) is 6.54 Å². The van der Waals surface area contributed by atoms with Crippen molar-refractivity contribution in [2.75, 3.05) is 17.7 Å². The molecule has 0 aliphatic heterocycles. The fraction of sp³-hybridized carbons (Fsp3) is 0.235. The van der Waals surface area contributed by atoms with Crippen molar-refractivity contribution < 1.29 is 4.42 Å². The number of aryl methyl sites for hydroxylation is 2. The van der Waals surface area contributed by atoms with Crippen molar-refractivity contribution in [3.05, 3.63) is 53.6 Å². The number of furan rings is 1. The lowest BCUT2D eigenvalue weighted by atomic mass is 10.1. The van der Waals surface area contributed by atoms with Crippen LogP contribution in [0, 0.1) is 13.8 Å². The van der Waals surface area contributed by atoms with Gasteiger partial charge in [-0.05, 0) is 50.2 Å². The van der Waals surface area contributed by atoms with Gasteiger partial charge in [0.05, 0.1) is 12.1 Å². The standard InChI is InChI=1S/C17H19N3O/c1-11-8-17(15-9-13(18)5-7-16(15)19-11)20(3)10-14-6-4-12(2)21-14/h4-9H,10,18H2,1-3H3. The normalized spacial score (nSPS) is 11.0. The van der Waals surface area contributed by atoms with E-state index < -0.39 is 0 Å². The van der Waals surface area contributed by atoms with Crippen molar-refractivity contribution in [1.29, 1.82) is 0 Å². The maximum absolute atomic E-state index is 5.92. The van der Waals surface area contributed by atoms with Crippen LogP contribution in [0.15, 0.2) is 40.8 Å². The molecule has 0 bridgehead atoms. The van der Waals surface area contributed by atoms with Gasteiger partial charge in [-0.25, -0.2) is 0 Å². The lowest BCUT2D eigenvalue weighted by Crippen LogP contribution is -2.16. The number of fused-ring (bicyclic) bond motifs is 1. The summed E-state index contributed by atoms with van der Waals surface area (Å²) in [6.07, 6.45) is 0. The van der Waals surface area contributed by atoms with Crippen LogP contribution in [0.5, 0.6) is 0 Å². The van der Waals surface area contributed by atoms with Gasteiger partial charge in [0.25, 0.3) is 0 Å². The second kappa shape index (κ2) is 5.13. The molecule has 21 heavy (non-hydrogen) atoms. The molecule has 108 valence electrons. The summed E-state index contributed by atoms with van der Waals surface area (Å²) in [4.78, 5) is 6.73. The van der Waals surface area contributed by atoms with Crippen LogP contribution in [0.3, 0.4) is 0 Å². The molecule has 4 heteroatoms. The van der Waals surface area contributed by atoms with Crippen molar-refractivity contribution in [1.82, 2.24) is 4.98 Å². The predicted octanol–water partition coefficient (Wildman–Crippen LogP) is 3.66. The monoisotopic (exact) mass is 281 g/mol. The molecule has 0 aliphatic rings. The van der Waals surface area contributed by atoms with Crippen molar-refractivity contribution in [3.63, 3.8) is 0 Å². The summed E-state index contributed by atoms with van der Waals surface area (Å²) in [6.45, 7) is 4.67. The summed E-state index contributed by atoms with van der Waals surface area (Å²) < 4.78 is 5.66. The van der Waals surface area contributed by atoms with E-state index in [2.05, 4.69) is 23.0 Å². The first kappa shape index (κ1) is 13.5. The Kier molecular flexibility index (Phi) is 3.29. The number of aromatic nitrogens is 1. The van der Waals surface area contributed by atoms with Gasteiger partial charge in [-0.2, -0.15) is 0 Å². The average Bonchev–Trinajstić information content (AvgIpc) is 2.83. The highest BCUT2D eigenvalue weighted by atomic mass is 16.3. The zero-order chi connectivity index (χ0) is 15.0. The molecule has 2 heterocycles. The van der Waals surface area contributed by atoms with Crippen molar-refractivity contribution in [3.8, 4) is 0 Å². The van der Waals surface area contributed by atoms with Crippen LogP contribution < -0.4 is 10.6 Å². The molecule has 4 nitrogen and oxygen atoms in total. The number of pyridine rings is 1. The lowest BCUT2D eigenvalue weighted by molar-refractivity contribution is 0.482. The molecule has 0 spiro atoms. The summed E-state index contributed by atoms with van der Waals surface area (Å²) >= 11 is 0. The molecule has 0 atom stereocenters. The molecular formula is C17H19N3O. The SMILES string of the molecule is Cc1cc(N(C)Cc2ccc(C)o2)c2cc(N)ccc2n1. The van der Waals surface area contributed by atoms with E-state index >= 15 is 0 Å². The second-order valence-electron chi connectivity index (χ2n) is 5.43. The Morgan fingerprint density at radius 3 is 2.67 bits per heavy atom. The Morgan fingerprint density at radius 1 is 1.14 bits per heavy atom. The van der Waals surface area contributed by atoms with E-state index in [-0.39, 0.29) is 0 Å². The van der Waals surface area contributed by atoms with Gasteiger partial charge in [0.2, 0.25) is 0 Å².